The van der Waals surface area contributed by atoms with E-state index in [9.17, 15) is 4.79 Å². The summed E-state index contributed by atoms with van der Waals surface area (Å²) < 4.78 is 15.7. The lowest BCUT2D eigenvalue weighted by atomic mass is 10.1. The first kappa shape index (κ1) is 15.9. The van der Waals surface area contributed by atoms with Crippen molar-refractivity contribution in [3.63, 3.8) is 0 Å². The summed E-state index contributed by atoms with van der Waals surface area (Å²) in [6, 6.07) is 5.64. The molecule has 0 unspecified atom stereocenters. The normalized spacial score (nSPS) is 10.3. The summed E-state index contributed by atoms with van der Waals surface area (Å²) in [5.41, 5.74) is 1.01. The average molecular weight is 304 g/mol. The summed E-state index contributed by atoms with van der Waals surface area (Å²) in [5.74, 6) is 2.53. The number of hydrogen-bond acceptors (Lipinski definition) is 5. The molecule has 0 fully saturated rings. The molecule has 1 heterocycles. The van der Waals surface area contributed by atoms with Crippen molar-refractivity contribution in [3.8, 4) is 11.5 Å². The number of aryl methyl sites for hydroxylation is 2. The maximum Gasteiger partial charge on any atom is 0.220 e. The number of ether oxygens (including phenoxy) is 2. The molecule has 0 radical (unpaired) electrons. The Morgan fingerprint density at radius 2 is 2.05 bits per heavy atom. The second-order valence-electron chi connectivity index (χ2n) is 4.83. The van der Waals surface area contributed by atoms with E-state index in [1.54, 1.807) is 20.4 Å². The van der Waals surface area contributed by atoms with Gasteiger partial charge in [0.15, 0.2) is 11.5 Å². The highest BCUT2D eigenvalue weighted by molar-refractivity contribution is 5.76. The second-order valence-corrected chi connectivity index (χ2v) is 4.83. The van der Waals surface area contributed by atoms with Gasteiger partial charge in [0.1, 0.15) is 5.76 Å². The van der Waals surface area contributed by atoms with Crippen molar-refractivity contribution in [2.75, 3.05) is 14.2 Å². The Balaban J connectivity index is 1.83. The van der Waals surface area contributed by atoms with Crippen LogP contribution in [-0.2, 0) is 17.8 Å². The third-order valence-corrected chi connectivity index (χ3v) is 3.19. The Kier molecular flexibility index (Phi) is 5.41. The molecule has 1 aromatic heterocycles. The van der Waals surface area contributed by atoms with Crippen molar-refractivity contribution in [3.05, 3.63) is 41.6 Å². The van der Waals surface area contributed by atoms with Gasteiger partial charge in [0.2, 0.25) is 11.8 Å². The van der Waals surface area contributed by atoms with E-state index in [1.165, 1.54) is 0 Å². The number of nitrogens with one attached hydrogen (secondary N) is 1. The number of carbonyl (C=O) groups is 1. The Morgan fingerprint density at radius 3 is 2.68 bits per heavy atom. The van der Waals surface area contributed by atoms with Crippen LogP contribution >= 0.6 is 0 Å². The van der Waals surface area contributed by atoms with E-state index in [0.29, 0.717) is 36.8 Å². The van der Waals surface area contributed by atoms with Crippen LogP contribution < -0.4 is 14.8 Å². The van der Waals surface area contributed by atoms with E-state index in [1.807, 2.05) is 25.1 Å². The SMILES string of the molecule is COc1ccc(CCC(=O)NCc2ncc(C)o2)cc1OC. The summed E-state index contributed by atoms with van der Waals surface area (Å²) >= 11 is 0. The lowest BCUT2D eigenvalue weighted by Gasteiger charge is -2.09. The van der Waals surface area contributed by atoms with E-state index >= 15 is 0 Å². The summed E-state index contributed by atoms with van der Waals surface area (Å²) in [7, 11) is 3.18. The van der Waals surface area contributed by atoms with Crippen molar-refractivity contribution in [2.24, 2.45) is 0 Å². The van der Waals surface area contributed by atoms with Crippen molar-refractivity contribution in [1.29, 1.82) is 0 Å². The minimum atomic E-state index is -0.0503. The summed E-state index contributed by atoms with van der Waals surface area (Å²) in [5, 5.41) is 2.78. The van der Waals surface area contributed by atoms with Crippen LogP contribution in [0.5, 0.6) is 11.5 Å². The maximum absolute atomic E-state index is 11.8. The molecule has 118 valence electrons. The molecule has 2 aromatic rings. The van der Waals surface area contributed by atoms with E-state index in [4.69, 9.17) is 13.9 Å². The Bertz CT molecular complexity index is 637. The highest BCUT2D eigenvalue weighted by atomic mass is 16.5. The van der Waals surface area contributed by atoms with Gasteiger partial charge in [-0.25, -0.2) is 4.98 Å². The first-order valence-electron chi connectivity index (χ1n) is 7.01. The van der Waals surface area contributed by atoms with Crippen molar-refractivity contribution in [2.45, 2.75) is 26.3 Å². The molecule has 0 aliphatic rings. The number of methoxy groups -OCH3 is 2. The fourth-order valence-electron chi connectivity index (χ4n) is 2.04. The predicted octanol–water partition coefficient (Wildman–Crippen LogP) is 2.25. The van der Waals surface area contributed by atoms with Crippen LogP contribution in [0, 0.1) is 6.92 Å². The zero-order valence-corrected chi connectivity index (χ0v) is 13.0. The van der Waals surface area contributed by atoms with E-state index in [-0.39, 0.29) is 5.91 Å². The number of rotatable bonds is 7. The minimum Gasteiger partial charge on any atom is -0.493 e. The number of nitrogens with zero attached hydrogens (tertiary/aromatic N) is 1. The van der Waals surface area contributed by atoms with Crippen LogP contribution in [0.3, 0.4) is 0 Å². The zero-order chi connectivity index (χ0) is 15.9. The quantitative estimate of drug-likeness (QED) is 0.849. The summed E-state index contributed by atoms with van der Waals surface area (Å²) in [6.45, 7) is 2.12. The number of hydrogen-bond donors (Lipinski definition) is 1. The van der Waals surface area contributed by atoms with Gasteiger partial charge in [-0.1, -0.05) is 6.07 Å². The molecule has 6 heteroatoms. The number of oxazole rings is 1. The second kappa shape index (κ2) is 7.49. The largest absolute Gasteiger partial charge is 0.493 e. The number of aromatic nitrogens is 1. The highest BCUT2D eigenvalue weighted by Gasteiger charge is 2.08. The van der Waals surface area contributed by atoms with Gasteiger partial charge in [-0.15, -0.1) is 0 Å². The Morgan fingerprint density at radius 1 is 1.27 bits per heavy atom. The molecular weight excluding hydrogens is 284 g/mol. The molecule has 6 nitrogen and oxygen atoms in total. The van der Waals surface area contributed by atoms with Crippen LogP contribution in [0.15, 0.2) is 28.8 Å². The van der Waals surface area contributed by atoms with Gasteiger partial charge in [0, 0.05) is 6.42 Å². The van der Waals surface area contributed by atoms with Crippen LogP contribution in [0.4, 0.5) is 0 Å². The van der Waals surface area contributed by atoms with Crippen LogP contribution in [-0.4, -0.2) is 25.1 Å². The summed E-state index contributed by atoms with van der Waals surface area (Å²) in [4.78, 5) is 15.9. The standard InChI is InChI=1S/C16H20N2O4/c1-11-9-18-16(22-11)10-17-15(19)7-5-12-4-6-13(20-2)14(8-12)21-3/h4,6,8-9H,5,7,10H2,1-3H3,(H,17,19). The molecule has 2 rings (SSSR count). The molecule has 0 bridgehead atoms. The molecule has 0 aliphatic heterocycles. The molecule has 0 atom stereocenters. The molecule has 1 aromatic carbocycles. The van der Waals surface area contributed by atoms with Crippen molar-refractivity contribution in [1.82, 2.24) is 10.3 Å². The first-order valence-corrected chi connectivity index (χ1v) is 7.01. The lowest BCUT2D eigenvalue weighted by Crippen LogP contribution is -2.23. The number of amides is 1. The van der Waals surface area contributed by atoms with Crippen LogP contribution in [0.1, 0.15) is 23.6 Å². The molecule has 0 saturated heterocycles. The molecule has 1 N–H and O–H groups in total. The fraction of sp³-hybridized carbons (Fsp3) is 0.375. The van der Waals surface area contributed by atoms with Gasteiger partial charge in [-0.3, -0.25) is 4.79 Å². The topological polar surface area (TPSA) is 73.6 Å². The van der Waals surface area contributed by atoms with Gasteiger partial charge in [-0.2, -0.15) is 0 Å². The van der Waals surface area contributed by atoms with E-state index in [0.717, 1.165) is 11.3 Å². The molecule has 0 spiro atoms. The molecule has 0 aliphatic carbocycles. The Labute approximate surface area is 129 Å². The third kappa shape index (κ3) is 4.25. The highest BCUT2D eigenvalue weighted by Crippen LogP contribution is 2.27. The first-order chi connectivity index (χ1) is 10.6. The maximum atomic E-state index is 11.8. The molecule has 1 amide bonds. The van der Waals surface area contributed by atoms with Gasteiger partial charge in [0.25, 0.3) is 0 Å². The zero-order valence-electron chi connectivity index (χ0n) is 13.0. The van der Waals surface area contributed by atoms with Gasteiger partial charge in [0.05, 0.1) is 27.0 Å². The van der Waals surface area contributed by atoms with Crippen molar-refractivity contribution >= 4 is 5.91 Å². The van der Waals surface area contributed by atoms with E-state index in [2.05, 4.69) is 10.3 Å². The average Bonchev–Trinajstić information content (AvgIpc) is 2.96. The van der Waals surface area contributed by atoms with Crippen LogP contribution in [0.2, 0.25) is 0 Å². The lowest BCUT2D eigenvalue weighted by molar-refractivity contribution is -0.121. The Hall–Kier alpha value is -2.50. The minimum absolute atomic E-state index is 0.0503. The van der Waals surface area contributed by atoms with Gasteiger partial charge >= 0.3 is 0 Å². The monoisotopic (exact) mass is 304 g/mol. The summed E-state index contributed by atoms with van der Waals surface area (Å²) in [6.07, 6.45) is 2.64. The smallest absolute Gasteiger partial charge is 0.220 e. The third-order valence-electron chi connectivity index (χ3n) is 3.19. The van der Waals surface area contributed by atoms with Gasteiger partial charge < -0.3 is 19.2 Å². The number of carbonyl (C=O) groups excluding carboxylic acids is 1. The molecular formula is C16H20N2O4. The predicted molar refractivity (Wildman–Crippen MR) is 81.0 cm³/mol. The van der Waals surface area contributed by atoms with Crippen molar-refractivity contribution < 1.29 is 18.7 Å². The molecule has 0 saturated carbocycles. The number of benzene rings is 1. The van der Waals surface area contributed by atoms with E-state index < -0.39 is 0 Å². The fourth-order valence-corrected chi connectivity index (χ4v) is 2.04. The molecule has 22 heavy (non-hydrogen) atoms. The van der Waals surface area contributed by atoms with Crippen LogP contribution in [0.25, 0.3) is 0 Å². The van der Waals surface area contributed by atoms with Gasteiger partial charge in [-0.05, 0) is 31.0 Å².